The fourth-order valence-corrected chi connectivity index (χ4v) is 2.14. The molecule has 1 aromatic carbocycles. The number of aldehydes is 1. The van der Waals surface area contributed by atoms with Crippen LogP contribution in [0, 0.1) is 11.6 Å². The Kier molecular flexibility index (Phi) is 4.85. The maximum atomic E-state index is 13.5. The molecule has 2 rings (SSSR count). The zero-order valence-electron chi connectivity index (χ0n) is 10.5. The number of hydrogen-bond donors (Lipinski definition) is 0. The molecule has 1 unspecified atom stereocenters. The van der Waals surface area contributed by atoms with Crippen LogP contribution in [0.25, 0.3) is 0 Å². The van der Waals surface area contributed by atoms with Gasteiger partial charge in [0.2, 0.25) is 0 Å². The van der Waals surface area contributed by atoms with Crippen molar-refractivity contribution in [3.05, 3.63) is 29.3 Å². The van der Waals surface area contributed by atoms with Crippen molar-refractivity contribution in [2.24, 2.45) is 0 Å². The molecule has 0 aliphatic carbocycles. The Morgan fingerprint density at radius 3 is 2.68 bits per heavy atom. The highest BCUT2D eigenvalue weighted by Crippen LogP contribution is 2.23. The van der Waals surface area contributed by atoms with Crippen LogP contribution in [0.1, 0.15) is 36.0 Å². The van der Waals surface area contributed by atoms with Gasteiger partial charge in [-0.15, -0.1) is 0 Å². The van der Waals surface area contributed by atoms with E-state index < -0.39 is 17.4 Å². The Morgan fingerprint density at radius 2 is 2.11 bits per heavy atom. The van der Waals surface area contributed by atoms with Gasteiger partial charge in [0.25, 0.3) is 0 Å². The van der Waals surface area contributed by atoms with Crippen LogP contribution < -0.4 is 4.74 Å². The smallest absolute Gasteiger partial charge is 0.190 e. The van der Waals surface area contributed by atoms with Crippen LogP contribution in [-0.4, -0.2) is 25.6 Å². The lowest BCUT2D eigenvalue weighted by Gasteiger charge is -2.11. The minimum absolute atomic E-state index is 0.0401. The zero-order valence-corrected chi connectivity index (χ0v) is 10.5. The lowest BCUT2D eigenvalue weighted by atomic mass is 10.1. The highest BCUT2D eigenvalue weighted by molar-refractivity contribution is 5.75. The highest BCUT2D eigenvalue weighted by atomic mass is 19.1. The highest BCUT2D eigenvalue weighted by Gasteiger charge is 2.16. The van der Waals surface area contributed by atoms with E-state index in [9.17, 15) is 13.6 Å². The minimum atomic E-state index is -0.848. The first-order valence-electron chi connectivity index (χ1n) is 6.39. The molecule has 0 spiro atoms. The van der Waals surface area contributed by atoms with Crippen molar-refractivity contribution in [3.8, 4) is 5.75 Å². The minimum Gasteiger partial charge on any atom is -0.488 e. The molecule has 1 aliphatic rings. The molecule has 0 N–H and O–H groups in total. The fraction of sp³-hybridized carbons (Fsp3) is 0.500. The molecule has 19 heavy (non-hydrogen) atoms. The Bertz CT molecular complexity index is 419. The van der Waals surface area contributed by atoms with Gasteiger partial charge < -0.3 is 9.47 Å². The van der Waals surface area contributed by atoms with Crippen LogP contribution >= 0.6 is 0 Å². The van der Waals surface area contributed by atoms with E-state index in [1.54, 1.807) is 0 Å². The Balaban J connectivity index is 1.83. The number of hydrogen-bond acceptors (Lipinski definition) is 3. The monoisotopic (exact) mass is 270 g/mol. The van der Waals surface area contributed by atoms with Crippen LogP contribution in [0.2, 0.25) is 0 Å². The van der Waals surface area contributed by atoms with Crippen molar-refractivity contribution in [1.82, 2.24) is 0 Å². The van der Waals surface area contributed by atoms with Gasteiger partial charge >= 0.3 is 0 Å². The van der Waals surface area contributed by atoms with Gasteiger partial charge in [-0.2, -0.15) is 0 Å². The second-order valence-electron chi connectivity index (χ2n) is 4.56. The Hall–Kier alpha value is -1.49. The van der Waals surface area contributed by atoms with E-state index in [-0.39, 0.29) is 18.3 Å². The number of carbonyl (C=O) groups is 1. The lowest BCUT2D eigenvalue weighted by molar-refractivity contribution is 0.0976. The quantitative estimate of drug-likeness (QED) is 0.588. The molecule has 0 aromatic heterocycles. The van der Waals surface area contributed by atoms with E-state index in [1.807, 2.05) is 0 Å². The second-order valence-corrected chi connectivity index (χ2v) is 4.56. The van der Waals surface area contributed by atoms with E-state index >= 15 is 0 Å². The van der Waals surface area contributed by atoms with Crippen LogP contribution in [-0.2, 0) is 4.74 Å². The molecule has 1 aliphatic heterocycles. The molecular formula is C14H16F2O3. The molecule has 1 fully saturated rings. The van der Waals surface area contributed by atoms with Gasteiger partial charge in [-0.05, 0) is 37.8 Å². The molecule has 0 amide bonds. The maximum absolute atomic E-state index is 13.5. The predicted molar refractivity (Wildman–Crippen MR) is 65.4 cm³/mol. The van der Waals surface area contributed by atoms with Gasteiger partial charge in [-0.25, -0.2) is 8.78 Å². The largest absolute Gasteiger partial charge is 0.488 e. The molecule has 3 nitrogen and oxygen atoms in total. The van der Waals surface area contributed by atoms with Gasteiger partial charge in [-0.1, -0.05) is 0 Å². The van der Waals surface area contributed by atoms with Gasteiger partial charge in [-0.3, -0.25) is 4.79 Å². The molecule has 104 valence electrons. The SMILES string of the molecule is O=Cc1cc(F)c(OCCCC2CCCO2)c(F)c1. The van der Waals surface area contributed by atoms with Crippen molar-refractivity contribution in [1.29, 1.82) is 0 Å². The summed E-state index contributed by atoms with van der Waals surface area (Å²) in [7, 11) is 0. The second kappa shape index (κ2) is 6.61. The summed E-state index contributed by atoms with van der Waals surface area (Å²) in [5, 5.41) is 0. The van der Waals surface area contributed by atoms with Crippen molar-refractivity contribution in [2.45, 2.75) is 31.8 Å². The Morgan fingerprint density at radius 1 is 1.37 bits per heavy atom. The van der Waals surface area contributed by atoms with E-state index in [2.05, 4.69) is 0 Å². The number of ether oxygens (including phenoxy) is 2. The molecule has 1 heterocycles. The summed E-state index contributed by atoms with van der Waals surface area (Å²) in [5.41, 5.74) is -0.0401. The first-order chi connectivity index (χ1) is 9.20. The molecule has 0 saturated carbocycles. The third-order valence-electron chi connectivity index (χ3n) is 3.10. The molecular weight excluding hydrogens is 254 g/mol. The zero-order chi connectivity index (χ0) is 13.7. The van der Waals surface area contributed by atoms with Crippen molar-refractivity contribution >= 4 is 6.29 Å². The van der Waals surface area contributed by atoms with Crippen LogP contribution in [0.4, 0.5) is 8.78 Å². The van der Waals surface area contributed by atoms with Crippen molar-refractivity contribution in [3.63, 3.8) is 0 Å². The van der Waals surface area contributed by atoms with Crippen LogP contribution in [0.3, 0.4) is 0 Å². The summed E-state index contributed by atoms with van der Waals surface area (Å²) in [6.07, 6.45) is 4.26. The summed E-state index contributed by atoms with van der Waals surface area (Å²) in [6.45, 7) is 1.02. The van der Waals surface area contributed by atoms with Gasteiger partial charge in [0.15, 0.2) is 17.4 Å². The molecule has 0 radical (unpaired) electrons. The number of rotatable bonds is 6. The standard InChI is InChI=1S/C14H16F2O3/c15-12-7-10(9-17)8-13(16)14(12)19-6-2-4-11-3-1-5-18-11/h7-9,11H,1-6H2. The average Bonchev–Trinajstić information content (AvgIpc) is 2.89. The summed E-state index contributed by atoms with van der Waals surface area (Å²) >= 11 is 0. The summed E-state index contributed by atoms with van der Waals surface area (Å²) in [4.78, 5) is 10.4. The third kappa shape index (κ3) is 3.73. The molecule has 5 heteroatoms. The van der Waals surface area contributed by atoms with E-state index in [0.29, 0.717) is 12.7 Å². The first-order valence-corrected chi connectivity index (χ1v) is 6.39. The van der Waals surface area contributed by atoms with Crippen LogP contribution in [0.15, 0.2) is 12.1 Å². The van der Waals surface area contributed by atoms with Crippen molar-refractivity contribution in [2.75, 3.05) is 13.2 Å². The molecule has 1 aromatic rings. The Labute approximate surface area is 110 Å². The third-order valence-corrected chi connectivity index (χ3v) is 3.10. The predicted octanol–water partition coefficient (Wildman–Crippen LogP) is 3.12. The first kappa shape index (κ1) is 13.9. The fourth-order valence-electron chi connectivity index (χ4n) is 2.14. The van der Waals surface area contributed by atoms with Crippen LogP contribution in [0.5, 0.6) is 5.75 Å². The van der Waals surface area contributed by atoms with E-state index in [1.165, 1.54) is 0 Å². The lowest BCUT2D eigenvalue weighted by Crippen LogP contribution is -2.08. The van der Waals surface area contributed by atoms with Crippen molar-refractivity contribution < 1.29 is 23.0 Å². The molecule has 1 saturated heterocycles. The van der Waals surface area contributed by atoms with E-state index in [4.69, 9.17) is 9.47 Å². The van der Waals surface area contributed by atoms with E-state index in [0.717, 1.165) is 38.0 Å². The van der Waals surface area contributed by atoms with Gasteiger partial charge in [0.1, 0.15) is 6.29 Å². The maximum Gasteiger partial charge on any atom is 0.190 e. The summed E-state index contributed by atoms with van der Waals surface area (Å²) in [5.74, 6) is -2.11. The normalized spacial score (nSPS) is 18.5. The summed E-state index contributed by atoms with van der Waals surface area (Å²) < 4.78 is 37.5. The summed E-state index contributed by atoms with van der Waals surface area (Å²) in [6, 6.07) is 1.93. The van der Waals surface area contributed by atoms with Gasteiger partial charge in [0.05, 0.1) is 12.7 Å². The topological polar surface area (TPSA) is 35.5 Å². The molecule has 1 atom stereocenters. The number of benzene rings is 1. The number of halogens is 2. The van der Waals surface area contributed by atoms with Gasteiger partial charge in [0, 0.05) is 12.2 Å². The number of carbonyl (C=O) groups excluding carboxylic acids is 1. The molecule has 0 bridgehead atoms. The average molecular weight is 270 g/mol.